The summed E-state index contributed by atoms with van der Waals surface area (Å²) in [5.74, 6) is -0.851. The topological polar surface area (TPSA) is 58.6 Å². The van der Waals surface area contributed by atoms with Crippen molar-refractivity contribution >= 4 is 5.97 Å². The Labute approximate surface area is 85.6 Å². The second-order valence-corrected chi connectivity index (χ2v) is 3.38. The number of carboxylic acids is 1. The largest absolute Gasteiger partial charge is 0.480 e. The van der Waals surface area contributed by atoms with E-state index in [9.17, 15) is 4.79 Å². The maximum absolute atomic E-state index is 10.7. The van der Waals surface area contributed by atoms with Gasteiger partial charge in [-0.25, -0.2) is 0 Å². The van der Waals surface area contributed by atoms with E-state index >= 15 is 0 Å². The summed E-state index contributed by atoms with van der Waals surface area (Å²) in [6.07, 6.45) is 2.17. The van der Waals surface area contributed by atoms with E-state index in [1.807, 2.05) is 13.8 Å². The third kappa shape index (κ3) is 5.94. The van der Waals surface area contributed by atoms with Crippen molar-refractivity contribution in [1.29, 1.82) is 0 Å². The molecule has 0 fully saturated rings. The summed E-state index contributed by atoms with van der Waals surface area (Å²) in [4.78, 5) is 10.7. The van der Waals surface area contributed by atoms with Gasteiger partial charge in [0, 0.05) is 0 Å². The van der Waals surface area contributed by atoms with Gasteiger partial charge in [-0.15, -0.1) is 0 Å². The number of nitrogens with one attached hydrogen (secondary N) is 1. The lowest BCUT2D eigenvalue weighted by atomic mass is 10.2. The summed E-state index contributed by atoms with van der Waals surface area (Å²) in [6.45, 7) is 6.81. The smallest absolute Gasteiger partial charge is 0.323 e. The monoisotopic (exact) mass is 203 g/mol. The zero-order chi connectivity index (χ0) is 11.0. The van der Waals surface area contributed by atoms with Crippen molar-refractivity contribution < 1.29 is 14.6 Å². The summed E-state index contributed by atoms with van der Waals surface area (Å²) in [7, 11) is 0. The molecule has 0 radical (unpaired) electrons. The Kier molecular flexibility index (Phi) is 7.42. The Hall–Kier alpha value is -0.610. The highest BCUT2D eigenvalue weighted by Gasteiger charge is 2.16. The van der Waals surface area contributed by atoms with Gasteiger partial charge in [0.2, 0.25) is 0 Å². The quantitative estimate of drug-likeness (QED) is 0.623. The first-order valence-electron chi connectivity index (χ1n) is 5.19. The van der Waals surface area contributed by atoms with E-state index in [0.29, 0.717) is 6.54 Å². The van der Waals surface area contributed by atoms with E-state index in [-0.39, 0.29) is 12.7 Å². The fraction of sp³-hybridized carbons (Fsp3) is 0.900. The highest BCUT2D eigenvalue weighted by Crippen LogP contribution is 2.01. The molecule has 14 heavy (non-hydrogen) atoms. The predicted molar refractivity (Wildman–Crippen MR) is 55.4 cm³/mol. The summed E-state index contributed by atoms with van der Waals surface area (Å²) >= 11 is 0. The summed E-state index contributed by atoms with van der Waals surface area (Å²) in [5.41, 5.74) is 0. The van der Waals surface area contributed by atoms with Crippen molar-refractivity contribution in [2.75, 3.05) is 13.2 Å². The zero-order valence-electron chi connectivity index (χ0n) is 9.25. The molecule has 4 nitrogen and oxygen atoms in total. The molecule has 0 saturated heterocycles. The molecule has 84 valence electrons. The maximum atomic E-state index is 10.7. The Balaban J connectivity index is 3.75. The standard InChI is InChI=1S/C10H21NO3/c1-4-6-8(3)14-7-9(10(12)13)11-5-2/h8-9,11H,4-7H2,1-3H3,(H,12,13). The van der Waals surface area contributed by atoms with E-state index < -0.39 is 12.0 Å². The molecule has 0 rings (SSSR count). The lowest BCUT2D eigenvalue weighted by molar-refractivity contribution is -0.141. The molecular weight excluding hydrogens is 182 g/mol. The van der Waals surface area contributed by atoms with Gasteiger partial charge in [-0.2, -0.15) is 0 Å². The average Bonchev–Trinajstić information content (AvgIpc) is 2.12. The third-order valence-corrected chi connectivity index (χ3v) is 1.99. The molecule has 2 atom stereocenters. The molecule has 0 aromatic rings. The first-order valence-corrected chi connectivity index (χ1v) is 5.19. The fourth-order valence-corrected chi connectivity index (χ4v) is 1.21. The molecule has 0 aliphatic carbocycles. The maximum Gasteiger partial charge on any atom is 0.323 e. The van der Waals surface area contributed by atoms with Crippen molar-refractivity contribution in [3.8, 4) is 0 Å². The number of carboxylic acid groups (broad SMARTS) is 1. The van der Waals surface area contributed by atoms with E-state index in [4.69, 9.17) is 9.84 Å². The Morgan fingerprint density at radius 1 is 1.50 bits per heavy atom. The number of rotatable bonds is 8. The van der Waals surface area contributed by atoms with Crippen LogP contribution in [0.4, 0.5) is 0 Å². The normalized spacial score (nSPS) is 15.1. The van der Waals surface area contributed by atoms with E-state index in [0.717, 1.165) is 12.8 Å². The predicted octanol–water partition coefficient (Wildman–Crippen LogP) is 1.25. The van der Waals surface area contributed by atoms with Gasteiger partial charge in [0.1, 0.15) is 6.04 Å². The molecule has 2 unspecified atom stereocenters. The van der Waals surface area contributed by atoms with Crippen LogP contribution in [-0.2, 0) is 9.53 Å². The van der Waals surface area contributed by atoms with Crippen LogP contribution in [0, 0.1) is 0 Å². The van der Waals surface area contributed by atoms with Crippen molar-refractivity contribution in [3.63, 3.8) is 0 Å². The van der Waals surface area contributed by atoms with E-state index in [1.165, 1.54) is 0 Å². The third-order valence-electron chi connectivity index (χ3n) is 1.99. The molecule has 0 aliphatic heterocycles. The number of carbonyl (C=O) groups is 1. The van der Waals surface area contributed by atoms with Crippen LogP contribution >= 0.6 is 0 Å². The van der Waals surface area contributed by atoms with Crippen molar-refractivity contribution in [3.05, 3.63) is 0 Å². The summed E-state index contributed by atoms with van der Waals surface area (Å²) in [6, 6.07) is -0.584. The average molecular weight is 203 g/mol. The second kappa shape index (κ2) is 7.76. The minimum absolute atomic E-state index is 0.139. The molecule has 0 saturated carbocycles. The lowest BCUT2D eigenvalue weighted by Crippen LogP contribution is -2.41. The number of aliphatic carboxylic acids is 1. The SMILES string of the molecule is CCCC(C)OCC(NCC)C(=O)O. The number of hydrogen-bond acceptors (Lipinski definition) is 3. The second-order valence-electron chi connectivity index (χ2n) is 3.38. The zero-order valence-corrected chi connectivity index (χ0v) is 9.25. The van der Waals surface area contributed by atoms with Crippen LogP contribution in [0.15, 0.2) is 0 Å². The van der Waals surface area contributed by atoms with Crippen LogP contribution in [-0.4, -0.2) is 36.4 Å². The first kappa shape index (κ1) is 13.4. The van der Waals surface area contributed by atoms with Crippen molar-refractivity contribution in [1.82, 2.24) is 5.32 Å². The van der Waals surface area contributed by atoms with Gasteiger partial charge >= 0.3 is 5.97 Å². The van der Waals surface area contributed by atoms with E-state index in [1.54, 1.807) is 0 Å². The molecule has 0 amide bonds. The Morgan fingerprint density at radius 3 is 2.57 bits per heavy atom. The molecule has 4 heteroatoms. The number of likely N-dealkylation sites (N-methyl/N-ethyl adjacent to an activating group) is 1. The van der Waals surface area contributed by atoms with Crippen LogP contribution in [0.3, 0.4) is 0 Å². The Bertz CT molecular complexity index is 161. The molecule has 0 aromatic heterocycles. The van der Waals surface area contributed by atoms with Crippen LogP contribution in [0.1, 0.15) is 33.6 Å². The molecule has 0 aliphatic rings. The van der Waals surface area contributed by atoms with Crippen LogP contribution < -0.4 is 5.32 Å². The summed E-state index contributed by atoms with van der Waals surface area (Å²) in [5, 5.41) is 11.7. The van der Waals surface area contributed by atoms with Crippen molar-refractivity contribution in [2.24, 2.45) is 0 Å². The van der Waals surface area contributed by atoms with Crippen LogP contribution in [0.2, 0.25) is 0 Å². The van der Waals surface area contributed by atoms with Crippen LogP contribution in [0.25, 0.3) is 0 Å². The molecule has 0 aromatic carbocycles. The molecule has 0 spiro atoms. The van der Waals surface area contributed by atoms with Gasteiger partial charge in [0.05, 0.1) is 12.7 Å². The van der Waals surface area contributed by atoms with Crippen molar-refractivity contribution in [2.45, 2.75) is 45.8 Å². The van der Waals surface area contributed by atoms with Crippen LogP contribution in [0.5, 0.6) is 0 Å². The van der Waals surface area contributed by atoms with Gasteiger partial charge < -0.3 is 15.2 Å². The van der Waals surface area contributed by atoms with Gasteiger partial charge in [-0.1, -0.05) is 20.3 Å². The van der Waals surface area contributed by atoms with Gasteiger partial charge in [-0.3, -0.25) is 4.79 Å². The molecule has 2 N–H and O–H groups in total. The van der Waals surface area contributed by atoms with Gasteiger partial charge in [0.15, 0.2) is 0 Å². The highest BCUT2D eigenvalue weighted by atomic mass is 16.5. The highest BCUT2D eigenvalue weighted by molar-refractivity contribution is 5.73. The van der Waals surface area contributed by atoms with E-state index in [2.05, 4.69) is 12.2 Å². The lowest BCUT2D eigenvalue weighted by Gasteiger charge is -2.17. The van der Waals surface area contributed by atoms with Gasteiger partial charge in [-0.05, 0) is 19.9 Å². The summed E-state index contributed by atoms with van der Waals surface area (Å²) < 4.78 is 5.42. The minimum Gasteiger partial charge on any atom is -0.480 e. The molecular formula is C10H21NO3. The number of ether oxygens (including phenoxy) is 1. The minimum atomic E-state index is -0.851. The molecule has 0 heterocycles. The Morgan fingerprint density at radius 2 is 2.14 bits per heavy atom. The first-order chi connectivity index (χ1) is 6.61. The fourth-order valence-electron chi connectivity index (χ4n) is 1.21. The number of hydrogen-bond donors (Lipinski definition) is 2. The molecule has 0 bridgehead atoms. The van der Waals surface area contributed by atoms with Gasteiger partial charge in [0.25, 0.3) is 0 Å².